The van der Waals surface area contributed by atoms with Gasteiger partial charge in [-0.25, -0.2) is 0 Å². The lowest BCUT2D eigenvalue weighted by molar-refractivity contribution is 0.102. The first-order valence-electron chi connectivity index (χ1n) is 6.38. The molecule has 0 saturated heterocycles. The molecule has 2 aromatic rings. The molecular formula is C15H14ClNO2S. The van der Waals surface area contributed by atoms with E-state index in [1.54, 1.807) is 6.92 Å². The maximum Gasteiger partial charge on any atom is 0.169 e. The minimum Gasteiger partial charge on any atom is -0.487 e. The lowest BCUT2D eigenvalue weighted by Gasteiger charge is -2.07. The Hall–Kier alpha value is -1.36. The number of rotatable bonds is 3. The van der Waals surface area contributed by atoms with Gasteiger partial charge in [0.2, 0.25) is 0 Å². The third-order valence-corrected chi connectivity index (χ3v) is 4.87. The molecule has 1 aromatic carbocycles. The highest BCUT2D eigenvalue weighted by molar-refractivity contribution is 7.17. The van der Waals surface area contributed by atoms with E-state index < -0.39 is 0 Å². The molecule has 2 N–H and O–H groups in total. The maximum atomic E-state index is 11.4. The molecule has 3 rings (SSSR count). The van der Waals surface area contributed by atoms with Gasteiger partial charge >= 0.3 is 0 Å². The van der Waals surface area contributed by atoms with Gasteiger partial charge in [-0.05, 0) is 36.8 Å². The zero-order valence-electron chi connectivity index (χ0n) is 11.0. The highest BCUT2D eigenvalue weighted by Gasteiger charge is 2.25. The van der Waals surface area contributed by atoms with Crippen molar-refractivity contribution in [2.45, 2.75) is 19.4 Å². The summed E-state index contributed by atoms with van der Waals surface area (Å²) >= 11 is 7.77. The number of benzene rings is 1. The van der Waals surface area contributed by atoms with Gasteiger partial charge in [0.15, 0.2) is 5.78 Å². The van der Waals surface area contributed by atoms with Crippen molar-refractivity contribution in [2.75, 3.05) is 6.54 Å². The number of fused-ring (bicyclic) bond motifs is 1. The van der Waals surface area contributed by atoms with Gasteiger partial charge in [0.05, 0.1) is 9.90 Å². The predicted molar refractivity (Wildman–Crippen MR) is 81.9 cm³/mol. The maximum absolute atomic E-state index is 11.4. The number of thiophene rings is 1. The molecule has 0 spiro atoms. The summed E-state index contributed by atoms with van der Waals surface area (Å²) in [6.45, 7) is 2.05. The minimum atomic E-state index is 0.00821. The standard InChI is InChI=1S/C15H14ClNO2S/c1-8(18)13-2-3-14(20-13)9-4-10-5-11(7-17)19-15(10)12(16)6-9/h2-4,6,11H,5,7,17H2,1H3/t11-/m1/s1. The summed E-state index contributed by atoms with van der Waals surface area (Å²) < 4.78 is 5.71. The average molecular weight is 308 g/mol. The van der Waals surface area contributed by atoms with Crippen LogP contribution in [0.1, 0.15) is 22.2 Å². The highest BCUT2D eigenvalue weighted by Crippen LogP contribution is 2.40. The fourth-order valence-corrected chi connectivity index (χ4v) is 3.52. The van der Waals surface area contributed by atoms with Gasteiger partial charge in [0, 0.05) is 23.4 Å². The summed E-state index contributed by atoms with van der Waals surface area (Å²) in [4.78, 5) is 13.2. The lowest BCUT2D eigenvalue weighted by Crippen LogP contribution is -2.24. The summed E-state index contributed by atoms with van der Waals surface area (Å²) in [5.41, 5.74) is 7.75. The van der Waals surface area contributed by atoms with Gasteiger partial charge in [0.1, 0.15) is 11.9 Å². The smallest absolute Gasteiger partial charge is 0.169 e. The molecular weight excluding hydrogens is 294 g/mol. The van der Waals surface area contributed by atoms with Gasteiger partial charge in [-0.15, -0.1) is 11.3 Å². The van der Waals surface area contributed by atoms with Crippen molar-refractivity contribution in [2.24, 2.45) is 5.73 Å². The first-order chi connectivity index (χ1) is 9.58. The van der Waals surface area contributed by atoms with Crippen molar-refractivity contribution in [3.05, 3.63) is 39.7 Å². The molecule has 0 fully saturated rings. The molecule has 0 radical (unpaired) electrons. The molecule has 0 amide bonds. The van der Waals surface area contributed by atoms with E-state index in [-0.39, 0.29) is 11.9 Å². The SMILES string of the molecule is CC(=O)c1ccc(-c2cc(Cl)c3c(c2)C[C@H](CN)O3)s1. The Morgan fingerprint density at radius 2 is 2.30 bits per heavy atom. The van der Waals surface area contributed by atoms with Gasteiger partial charge < -0.3 is 10.5 Å². The number of Topliss-reactive ketones (excluding diaryl/α,β-unsaturated/α-hetero) is 1. The van der Waals surface area contributed by atoms with Crippen LogP contribution in [0.2, 0.25) is 5.02 Å². The fraction of sp³-hybridized carbons (Fsp3) is 0.267. The van der Waals surface area contributed by atoms with Crippen LogP contribution < -0.4 is 10.5 Å². The summed E-state index contributed by atoms with van der Waals surface area (Å²) in [7, 11) is 0. The van der Waals surface area contributed by atoms with Gasteiger partial charge in [-0.1, -0.05) is 11.6 Å². The van der Waals surface area contributed by atoms with E-state index in [0.717, 1.165) is 33.1 Å². The zero-order chi connectivity index (χ0) is 14.3. The normalized spacial score (nSPS) is 16.9. The van der Waals surface area contributed by atoms with E-state index in [2.05, 4.69) is 6.07 Å². The number of nitrogens with two attached hydrogens (primary N) is 1. The molecule has 1 aromatic heterocycles. The Morgan fingerprint density at radius 3 is 2.95 bits per heavy atom. The Kier molecular flexibility index (Phi) is 3.54. The molecule has 20 heavy (non-hydrogen) atoms. The number of carbonyl (C=O) groups excluding carboxylic acids is 1. The van der Waals surface area contributed by atoms with Crippen molar-refractivity contribution in [3.8, 4) is 16.2 Å². The first-order valence-corrected chi connectivity index (χ1v) is 7.58. The number of hydrogen-bond acceptors (Lipinski definition) is 4. The van der Waals surface area contributed by atoms with E-state index in [1.807, 2.05) is 18.2 Å². The fourth-order valence-electron chi connectivity index (χ4n) is 2.34. The molecule has 0 aliphatic carbocycles. The van der Waals surface area contributed by atoms with Crippen LogP contribution in [0.25, 0.3) is 10.4 Å². The van der Waals surface area contributed by atoms with Crippen LogP contribution in [0.5, 0.6) is 5.75 Å². The average Bonchev–Trinajstić information content (AvgIpc) is 3.05. The third-order valence-electron chi connectivity index (χ3n) is 3.35. The van der Waals surface area contributed by atoms with Gasteiger partial charge in [-0.2, -0.15) is 0 Å². The molecule has 0 saturated carbocycles. The Balaban J connectivity index is 2.00. The summed E-state index contributed by atoms with van der Waals surface area (Å²) in [6, 6.07) is 7.76. The van der Waals surface area contributed by atoms with Crippen molar-refractivity contribution >= 4 is 28.7 Å². The van der Waals surface area contributed by atoms with E-state index in [9.17, 15) is 4.79 Å². The largest absolute Gasteiger partial charge is 0.487 e. The number of hydrogen-bond donors (Lipinski definition) is 1. The van der Waals surface area contributed by atoms with Crippen molar-refractivity contribution in [1.29, 1.82) is 0 Å². The number of carbonyl (C=O) groups is 1. The van der Waals surface area contributed by atoms with E-state index in [1.165, 1.54) is 11.3 Å². The summed E-state index contributed by atoms with van der Waals surface area (Å²) in [6.07, 6.45) is 0.790. The second-order valence-corrected chi connectivity index (χ2v) is 6.34. The van der Waals surface area contributed by atoms with Crippen LogP contribution in [0.15, 0.2) is 24.3 Å². The zero-order valence-corrected chi connectivity index (χ0v) is 12.6. The van der Waals surface area contributed by atoms with Gasteiger partial charge in [-0.3, -0.25) is 4.79 Å². The molecule has 5 heteroatoms. The van der Waals surface area contributed by atoms with Crippen LogP contribution in [-0.2, 0) is 6.42 Å². The van der Waals surface area contributed by atoms with E-state index in [4.69, 9.17) is 22.1 Å². The summed E-state index contributed by atoms with van der Waals surface area (Å²) in [5.74, 6) is 0.828. The highest BCUT2D eigenvalue weighted by atomic mass is 35.5. The lowest BCUT2D eigenvalue weighted by atomic mass is 10.1. The van der Waals surface area contributed by atoms with Gasteiger partial charge in [0.25, 0.3) is 0 Å². The molecule has 104 valence electrons. The van der Waals surface area contributed by atoms with E-state index in [0.29, 0.717) is 11.6 Å². The van der Waals surface area contributed by atoms with Crippen molar-refractivity contribution in [1.82, 2.24) is 0 Å². The summed E-state index contributed by atoms with van der Waals surface area (Å²) in [5, 5.41) is 0.603. The molecule has 1 atom stereocenters. The van der Waals surface area contributed by atoms with E-state index >= 15 is 0 Å². The topological polar surface area (TPSA) is 52.3 Å². The molecule has 0 unspecified atom stereocenters. The molecule has 1 aliphatic heterocycles. The predicted octanol–water partition coefficient (Wildman–Crippen LogP) is 3.53. The van der Waals surface area contributed by atoms with Crippen LogP contribution in [0.4, 0.5) is 0 Å². The van der Waals surface area contributed by atoms with Crippen LogP contribution in [0.3, 0.4) is 0 Å². The van der Waals surface area contributed by atoms with Crippen LogP contribution in [0, 0.1) is 0 Å². The van der Waals surface area contributed by atoms with Crippen LogP contribution in [-0.4, -0.2) is 18.4 Å². The Labute approximate surface area is 126 Å². The quantitative estimate of drug-likeness (QED) is 0.883. The molecule has 1 aliphatic rings. The number of ether oxygens (including phenoxy) is 1. The number of ketones is 1. The molecule has 3 nitrogen and oxygen atoms in total. The molecule has 2 heterocycles. The van der Waals surface area contributed by atoms with Crippen molar-refractivity contribution in [3.63, 3.8) is 0 Å². The Morgan fingerprint density at radius 1 is 1.50 bits per heavy atom. The number of halogens is 1. The second kappa shape index (κ2) is 5.20. The third kappa shape index (κ3) is 2.35. The minimum absolute atomic E-state index is 0.00821. The second-order valence-electron chi connectivity index (χ2n) is 4.85. The first kappa shape index (κ1) is 13.6. The molecule has 0 bridgehead atoms. The van der Waals surface area contributed by atoms with Crippen molar-refractivity contribution < 1.29 is 9.53 Å². The Bertz CT molecular complexity index is 681. The monoisotopic (exact) mass is 307 g/mol. The van der Waals surface area contributed by atoms with Crippen LogP contribution >= 0.6 is 22.9 Å².